The summed E-state index contributed by atoms with van der Waals surface area (Å²) in [6.07, 6.45) is 84.0. The van der Waals surface area contributed by atoms with Gasteiger partial charge in [-0.25, -0.2) is 0 Å². The average Bonchev–Trinajstić information content (AvgIpc) is 3.44. The van der Waals surface area contributed by atoms with Crippen LogP contribution in [-0.4, -0.2) is 47.4 Å². The summed E-state index contributed by atoms with van der Waals surface area (Å²) in [5, 5.41) is 23.4. The fourth-order valence-corrected chi connectivity index (χ4v) is 11.6. The van der Waals surface area contributed by atoms with Crippen LogP contribution < -0.4 is 5.32 Å². The number of nitrogens with one attached hydrogen (secondary N) is 1. The maximum atomic E-state index is 12.6. The predicted molar refractivity (Wildman–Crippen MR) is 343 cm³/mol. The Bertz CT molecular complexity index is 1180. The largest absolute Gasteiger partial charge is 0.466 e. The number of aliphatic hydroxyl groups is 2. The van der Waals surface area contributed by atoms with Gasteiger partial charge < -0.3 is 20.3 Å². The SMILES string of the molecule is CCCCCCCCCCCCCCCCCCCCCCCCCCCC(O)C(CO)NC(=O)CCCCCCCCC/C=C\CCCCCCCCCCCCCCOC(=O)CCCCCCCCCCCCCCC. The predicted octanol–water partition coefficient (Wildman–Crippen LogP) is 23.1. The molecule has 0 saturated heterocycles. The van der Waals surface area contributed by atoms with Crippen molar-refractivity contribution in [2.75, 3.05) is 13.2 Å². The van der Waals surface area contributed by atoms with Gasteiger partial charge >= 0.3 is 5.97 Å². The van der Waals surface area contributed by atoms with Crippen molar-refractivity contribution in [1.82, 2.24) is 5.32 Å². The summed E-state index contributed by atoms with van der Waals surface area (Å²) in [5.41, 5.74) is 0. The van der Waals surface area contributed by atoms with E-state index in [0.717, 1.165) is 38.5 Å². The third kappa shape index (κ3) is 63.8. The summed E-state index contributed by atoms with van der Waals surface area (Å²) < 4.78 is 5.49. The van der Waals surface area contributed by atoms with Crippen molar-refractivity contribution in [1.29, 1.82) is 0 Å². The van der Waals surface area contributed by atoms with Crippen LogP contribution in [0.3, 0.4) is 0 Å². The van der Waals surface area contributed by atoms with Gasteiger partial charge in [-0.05, 0) is 51.4 Å². The third-order valence-electron chi connectivity index (χ3n) is 17.1. The Labute approximate surface area is 489 Å². The Balaban J connectivity index is 3.40. The lowest BCUT2D eigenvalue weighted by Crippen LogP contribution is -2.45. The summed E-state index contributed by atoms with van der Waals surface area (Å²) in [7, 11) is 0. The Morgan fingerprint density at radius 2 is 0.603 bits per heavy atom. The monoisotopic (exact) mass is 1100 g/mol. The van der Waals surface area contributed by atoms with Crippen LogP contribution in [0, 0.1) is 0 Å². The summed E-state index contributed by atoms with van der Waals surface area (Å²) in [6, 6.07) is -0.547. The number of unbranched alkanes of at least 4 members (excludes halogenated alkanes) is 55. The van der Waals surface area contributed by atoms with Gasteiger partial charge in [-0.15, -0.1) is 0 Å². The van der Waals surface area contributed by atoms with Crippen molar-refractivity contribution >= 4 is 11.9 Å². The number of hydrogen-bond acceptors (Lipinski definition) is 5. The van der Waals surface area contributed by atoms with Gasteiger partial charge in [0.25, 0.3) is 0 Å². The molecule has 0 aromatic carbocycles. The van der Waals surface area contributed by atoms with Crippen molar-refractivity contribution in [3.8, 4) is 0 Å². The molecule has 0 aliphatic heterocycles. The van der Waals surface area contributed by atoms with Gasteiger partial charge in [0.1, 0.15) is 0 Å². The summed E-state index contributed by atoms with van der Waals surface area (Å²) in [5.74, 6) is -0.0215. The fourth-order valence-electron chi connectivity index (χ4n) is 11.6. The summed E-state index contributed by atoms with van der Waals surface area (Å²) in [4.78, 5) is 24.6. The minimum atomic E-state index is -0.669. The molecule has 0 aliphatic carbocycles. The van der Waals surface area contributed by atoms with Gasteiger partial charge in [-0.1, -0.05) is 360 Å². The van der Waals surface area contributed by atoms with E-state index in [4.69, 9.17) is 4.74 Å². The quantitative estimate of drug-likeness (QED) is 0.0320. The van der Waals surface area contributed by atoms with Crippen LogP contribution in [0.1, 0.15) is 412 Å². The smallest absolute Gasteiger partial charge is 0.305 e. The molecule has 0 saturated carbocycles. The molecule has 2 unspecified atom stereocenters. The van der Waals surface area contributed by atoms with E-state index in [9.17, 15) is 19.8 Å². The molecule has 1 amide bonds. The maximum absolute atomic E-state index is 12.6. The topological polar surface area (TPSA) is 95.9 Å². The van der Waals surface area contributed by atoms with Crippen molar-refractivity contribution in [3.05, 3.63) is 12.2 Å². The summed E-state index contributed by atoms with van der Waals surface area (Å²) in [6.45, 7) is 4.99. The molecule has 464 valence electrons. The molecule has 0 aromatic rings. The fraction of sp³-hybridized carbons (Fsp3) is 0.944. The number of amides is 1. The van der Waals surface area contributed by atoms with Gasteiger partial charge in [-0.2, -0.15) is 0 Å². The molecule has 78 heavy (non-hydrogen) atoms. The molecule has 0 aromatic heterocycles. The van der Waals surface area contributed by atoms with Crippen LogP contribution in [0.25, 0.3) is 0 Å². The Morgan fingerprint density at radius 3 is 0.910 bits per heavy atom. The number of carbonyl (C=O) groups excluding carboxylic acids is 2. The normalized spacial score (nSPS) is 12.5. The minimum absolute atomic E-state index is 0.0143. The highest BCUT2D eigenvalue weighted by Gasteiger charge is 2.20. The number of ether oxygens (including phenoxy) is 1. The van der Waals surface area contributed by atoms with Crippen LogP contribution >= 0.6 is 0 Å². The lowest BCUT2D eigenvalue weighted by molar-refractivity contribution is -0.143. The second kappa shape index (κ2) is 68.1. The molecule has 2 atom stereocenters. The van der Waals surface area contributed by atoms with Crippen molar-refractivity contribution < 1.29 is 24.5 Å². The Morgan fingerprint density at radius 1 is 0.346 bits per heavy atom. The molecular formula is C72H141NO5. The molecule has 6 heteroatoms. The van der Waals surface area contributed by atoms with Crippen molar-refractivity contribution in [3.63, 3.8) is 0 Å². The number of aliphatic hydroxyl groups excluding tert-OH is 2. The second-order valence-electron chi connectivity index (χ2n) is 24.9. The van der Waals surface area contributed by atoms with E-state index in [1.807, 2.05) is 0 Å². The van der Waals surface area contributed by atoms with Crippen LogP contribution in [0.15, 0.2) is 12.2 Å². The van der Waals surface area contributed by atoms with Crippen molar-refractivity contribution in [2.45, 2.75) is 424 Å². The number of esters is 1. The van der Waals surface area contributed by atoms with Gasteiger partial charge in [0, 0.05) is 12.8 Å². The third-order valence-corrected chi connectivity index (χ3v) is 17.1. The first-order valence-corrected chi connectivity index (χ1v) is 35.9. The molecule has 0 bridgehead atoms. The van der Waals surface area contributed by atoms with E-state index >= 15 is 0 Å². The molecule has 0 rings (SSSR count). The highest BCUT2D eigenvalue weighted by Crippen LogP contribution is 2.19. The average molecular weight is 1100 g/mol. The molecule has 3 N–H and O–H groups in total. The molecule has 0 aliphatic rings. The highest BCUT2D eigenvalue weighted by atomic mass is 16.5. The zero-order valence-electron chi connectivity index (χ0n) is 53.2. The van der Waals surface area contributed by atoms with Crippen molar-refractivity contribution in [2.24, 2.45) is 0 Å². The van der Waals surface area contributed by atoms with Gasteiger partial charge in [0.05, 0.1) is 25.4 Å². The maximum Gasteiger partial charge on any atom is 0.305 e. The van der Waals surface area contributed by atoms with E-state index in [1.54, 1.807) is 0 Å². The van der Waals surface area contributed by atoms with Crippen LogP contribution in [0.4, 0.5) is 0 Å². The second-order valence-corrected chi connectivity index (χ2v) is 24.9. The summed E-state index contributed by atoms with van der Waals surface area (Å²) >= 11 is 0. The lowest BCUT2D eigenvalue weighted by Gasteiger charge is -2.22. The van der Waals surface area contributed by atoms with E-state index in [1.165, 1.54) is 340 Å². The highest BCUT2D eigenvalue weighted by molar-refractivity contribution is 5.76. The van der Waals surface area contributed by atoms with E-state index < -0.39 is 12.1 Å². The Hall–Kier alpha value is -1.40. The molecule has 0 heterocycles. The zero-order valence-corrected chi connectivity index (χ0v) is 53.2. The molecule has 0 radical (unpaired) electrons. The lowest BCUT2D eigenvalue weighted by atomic mass is 10.0. The molecule has 0 spiro atoms. The number of carbonyl (C=O) groups is 2. The van der Waals surface area contributed by atoms with Crippen LogP contribution in [0.2, 0.25) is 0 Å². The number of allylic oxidation sites excluding steroid dienone is 2. The molecular weight excluding hydrogens is 959 g/mol. The minimum Gasteiger partial charge on any atom is -0.466 e. The van der Waals surface area contributed by atoms with E-state index in [-0.39, 0.29) is 18.5 Å². The first kappa shape index (κ1) is 76.6. The standard InChI is InChI=1S/C72H141NO5/c1-3-5-7-9-11-13-15-17-18-19-20-21-22-23-25-28-31-34-37-41-44-48-52-56-60-64-70(75)69(68-74)73-71(76)65-61-57-53-49-45-42-38-35-32-29-26-24-27-30-33-36-39-43-47-51-55-59-63-67-78-72(77)66-62-58-54-50-46-40-16-14-12-10-8-6-4-2/h29,32,69-70,74-75H,3-28,30-31,33-68H2,1-2H3,(H,73,76)/b32-29-. The molecule has 0 fully saturated rings. The van der Waals surface area contributed by atoms with Crippen LogP contribution in [-0.2, 0) is 14.3 Å². The van der Waals surface area contributed by atoms with Crippen LogP contribution in [0.5, 0.6) is 0 Å². The first-order chi connectivity index (χ1) is 38.5. The zero-order chi connectivity index (χ0) is 56.4. The van der Waals surface area contributed by atoms with Gasteiger partial charge in [-0.3, -0.25) is 9.59 Å². The Kier molecular flexibility index (Phi) is 66.9. The molecule has 6 nitrogen and oxygen atoms in total. The number of hydrogen-bond donors (Lipinski definition) is 3. The van der Waals surface area contributed by atoms with E-state index in [2.05, 4.69) is 31.3 Å². The van der Waals surface area contributed by atoms with Gasteiger partial charge in [0.2, 0.25) is 5.91 Å². The first-order valence-electron chi connectivity index (χ1n) is 35.9. The van der Waals surface area contributed by atoms with Gasteiger partial charge in [0.15, 0.2) is 0 Å². The van der Waals surface area contributed by atoms with E-state index in [0.29, 0.717) is 25.9 Å². The number of rotatable bonds is 68.